The van der Waals surface area contributed by atoms with Crippen LogP contribution < -0.4 is 0 Å². The number of aryl methyl sites for hydroxylation is 6. The molecule has 0 fully saturated rings. The summed E-state index contributed by atoms with van der Waals surface area (Å²) < 4.78 is 8.75. The van der Waals surface area contributed by atoms with Gasteiger partial charge in [-0.15, -0.1) is 0 Å². The predicted octanol–water partition coefficient (Wildman–Crippen LogP) is 5.87. The van der Waals surface area contributed by atoms with E-state index in [0.717, 1.165) is 34.2 Å². The van der Waals surface area contributed by atoms with Crippen LogP contribution in [0, 0.1) is 41.5 Å². The Bertz CT molecular complexity index is 861. The molecule has 32 heavy (non-hydrogen) atoms. The largest absolute Gasteiger partial charge is 0.422 e. The second-order valence-corrected chi connectivity index (χ2v) is 18.1. The molecule has 9 heteroatoms. The number of halogens is 1. The van der Waals surface area contributed by atoms with E-state index in [2.05, 4.69) is 68.1 Å². The Kier molecular flexibility index (Phi) is 10.9. The average Bonchev–Trinajstić information content (AvgIpc) is 3.35. The van der Waals surface area contributed by atoms with Gasteiger partial charge >= 0.3 is 76.0 Å². The van der Waals surface area contributed by atoms with Gasteiger partial charge in [-0.2, -0.15) is 0 Å². The van der Waals surface area contributed by atoms with Gasteiger partial charge in [0.25, 0.3) is 7.12 Å². The van der Waals surface area contributed by atoms with Crippen LogP contribution in [-0.4, -0.2) is 54.8 Å². The molecule has 0 saturated carbocycles. The van der Waals surface area contributed by atoms with Gasteiger partial charge in [-0.05, 0) is 76.8 Å². The van der Waals surface area contributed by atoms with Crippen molar-refractivity contribution in [3.05, 3.63) is 52.4 Å². The standard InChI is InChI=1S/C15H21BN6.2C4H9.ClH.Sn/c1-10-7-13(4)20(17-10)16(21-14(5)8-11(2)18-21)22-15(6)9-12(3)19-22;2*1-3-4-2;;/h7-9H,1-6H3;2*1,3-4H2,2H3;1H;/q-1;;;;+2/p-1. The second kappa shape index (κ2) is 12.9. The summed E-state index contributed by atoms with van der Waals surface area (Å²) in [4.78, 5) is 0. The van der Waals surface area contributed by atoms with Gasteiger partial charge in [0.2, 0.25) is 0 Å². The van der Waals surface area contributed by atoms with Crippen molar-refractivity contribution in [3.63, 3.8) is 0 Å². The minimum atomic E-state index is -1.27. The molecule has 0 N–H and O–H groups in total. The molecule has 0 saturated heterocycles. The van der Waals surface area contributed by atoms with E-state index in [1.54, 1.807) is 0 Å². The molecule has 3 rings (SSSR count). The van der Waals surface area contributed by atoms with E-state index in [1.165, 1.54) is 34.6 Å². The van der Waals surface area contributed by atoms with Gasteiger partial charge < -0.3 is 13.8 Å². The maximum absolute atomic E-state index is 6.24. The van der Waals surface area contributed by atoms with Crippen molar-refractivity contribution in [2.45, 2.75) is 89.9 Å². The van der Waals surface area contributed by atoms with Crippen molar-refractivity contribution in [1.82, 2.24) is 29.1 Å². The van der Waals surface area contributed by atoms with E-state index in [1.807, 2.05) is 34.5 Å². The molecule has 0 aliphatic carbocycles. The molecule has 175 valence electrons. The molecule has 0 amide bonds. The molecule has 3 aromatic rings. The molecule has 0 atom stereocenters. The van der Waals surface area contributed by atoms with Crippen molar-refractivity contribution >= 4 is 34.7 Å². The maximum Gasteiger partial charge on any atom is 0.261 e. The van der Waals surface area contributed by atoms with Crippen LogP contribution in [-0.2, 0) is 0 Å². The van der Waals surface area contributed by atoms with E-state index in [4.69, 9.17) is 8.92 Å². The van der Waals surface area contributed by atoms with Crippen LogP contribution in [0.1, 0.15) is 73.7 Å². The first-order valence-corrected chi connectivity index (χ1v) is 19.4. The molecule has 0 aliphatic heterocycles. The van der Waals surface area contributed by atoms with Crippen molar-refractivity contribution in [2.24, 2.45) is 0 Å². The van der Waals surface area contributed by atoms with E-state index < -0.39 is 18.6 Å². The minimum absolute atomic E-state index is 0.226. The SMILES string of the molecule is CCC[CH2][Sn+]([Cl])[CH2]CCC.Cc1cc(C)n([B-](n2nc(C)cc2C)n2nc(C)cc2C)n1. The van der Waals surface area contributed by atoms with Crippen LogP contribution in [0.5, 0.6) is 0 Å². The van der Waals surface area contributed by atoms with Crippen molar-refractivity contribution in [2.75, 3.05) is 0 Å². The monoisotopic (exact) mass is 565 g/mol. The van der Waals surface area contributed by atoms with Crippen molar-refractivity contribution < 1.29 is 0 Å². The third-order valence-corrected chi connectivity index (χ3v) is 13.0. The normalized spacial score (nSPS) is 11.1. The molecule has 0 spiro atoms. The number of hydrogen-bond donors (Lipinski definition) is 0. The number of aromatic nitrogens is 6. The predicted molar refractivity (Wildman–Crippen MR) is 138 cm³/mol. The minimum Gasteiger partial charge on any atom is -0.422 e. The summed E-state index contributed by atoms with van der Waals surface area (Å²) in [6, 6.07) is 6.22. The van der Waals surface area contributed by atoms with Gasteiger partial charge in [-0.3, -0.25) is 0 Å². The molecule has 6 nitrogen and oxygen atoms in total. The summed E-state index contributed by atoms with van der Waals surface area (Å²) in [5.41, 5.74) is 6.23. The van der Waals surface area contributed by atoms with Crippen LogP contribution in [0.3, 0.4) is 0 Å². The van der Waals surface area contributed by atoms with E-state index in [9.17, 15) is 0 Å². The Morgan fingerprint density at radius 2 is 1.00 bits per heavy atom. The Morgan fingerprint density at radius 1 is 0.688 bits per heavy atom. The summed E-state index contributed by atoms with van der Waals surface area (Å²) in [6.45, 7) is 16.7. The molecule has 3 aromatic heterocycles. The van der Waals surface area contributed by atoms with Crippen LogP contribution in [0.25, 0.3) is 0 Å². The Morgan fingerprint density at radius 3 is 1.22 bits per heavy atom. The number of unbranched alkanes of at least 4 members (excludes halogenated alkanes) is 2. The van der Waals surface area contributed by atoms with E-state index in [0.29, 0.717) is 0 Å². The summed E-state index contributed by atoms with van der Waals surface area (Å²) in [5, 5.41) is 14.0. The van der Waals surface area contributed by atoms with Gasteiger partial charge in [-0.1, -0.05) is 0 Å². The fourth-order valence-corrected chi connectivity index (χ4v) is 10.5. The molecular weight excluding hydrogens is 525 g/mol. The molecule has 0 unspecified atom stereocenters. The Balaban J connectivity index is 0.000000309. The van der Waals surface area contributed by atoms with Gasteiger partial charge in [-0.25, -0.2) is 15.3 Å². The molecule has 1 radical (unpaired) electrons. The van der Waals surface area contributed by atoms with E-state index in [-0.39, 0.29) is 7.12 Å². The van der Waals surface area contributed by atoms with Gasteiger partial charge in [0.15, 0.2) is 0 Å². The zero-order chi connectivity index (χ0) is 23.8. The van der Waals surface area contributed by atoms with Crippen LogP contribution >= 0.6 is 8.92 Å². The summed E-state index contributed by atoms with van der Waals surface area (Å²) >= 11 is -1.27. The fraction of sp³-hybridized carbons (Fsp3) is 0.609. The maximum atomic E-state index is 6.24. The summed E-state index contributed by atoms with van der Waals surface area (Å²) in [5.74, 6) is 0. The van der Waals surface area contributed by atoms with Gasteiger partial charge in [0.1, 0.15) is 0 Å². The van der Waals surface area contributed by atoms with E-state index >= 15 is 0 Å². The van der Waals surface area contributed by atoms with Crippen molar-refractivity contribution in [3.8, 4) is 0 Å². The number of rotatable bonds is 9. The zero-order valence-corrected chi connectivity index (χ0v) is 24.7. The van der Waals surface area contributed by atoms with Gasteiger partial charge in [0, 0.05) is 0 Å². The third-order valence-electron chi connectivity index (χ3n) is 5.39. The smallest absolute Gasteiger partial charge is 0.261 e. The molecular formula is C23H39BClN6Sn. The summed E-state index contributed by atoms with van der Waals surface area (Å²) in [6.07, 6.45) is 5.40. The number of hydrogen-bond acceptors (Lipinski definition) is 3. The second-order valence-electron chi connectivity index (χ2n) is 8.69. The van der Waals surface area contributed by atoms with Crippen LogP contribution in [0.4, 0.5) is 0 Å². The van der Waals surface area contributed by atoms with Crippen LogP contribution in [0.2, 0.25) is 8.87 Å². The summed E-state index contributed by atoms with van der Waals surface area (Å²) in [7, 11) is 6.01. The van der Waals surface area contributed by atoms with Crippen LogP contribution in [0.15, 0.2) is 18.2 Å². The first-order valence-electron chi connectivity index (χ1n) is 11.8. The molecule has 0 aromatic carbocycles. The number of nitrogens with zero attached hydrogens (tertiary/aromatic N) is 6. The first-order chi connectivity index (χ1) is 15.2. The molecule has 0 bridgehead atoms. The molecule has 3 heterocycles. The van der Waals surface area contributed by atoms with Crippen molar-refractivity contribution in [1.29, 1.82) is 0 Å². The fourth-order valence-electron chi connectivity index (χ4n) is 3.81. The molecule has 0 aliphatic rings. The Labute approximate surface area is 205 Å². The third kappa shape index (κ3) is 7.40. The first kappa shape index (κ1) is 27.0. The quantitative estimate of drug-likeness (QED) is 0.306. The zero-order valence-electron chi connectivity index (χ0n) is 21.1. The Hall–Kier alpha value is -1.22. The topological polar surface area (TPSA) is 53.5 Å². The average molecular weight is 565 g/mol. The van der Waals surface area contributed by atoms with Gasteiger partial charge in [0.05, 0.1) is 17.1 Å².